The van der Waals surface area contributed by atoms with Crippen LogP contribution in [0.1, 0.15) is 44.7 Å². The third kappa shape index (κ3) is 4.76. The molecule has 2 aliphatic rings. The second kappa shape index (κ2) is 9.91. The number of nitrogens with zero attached hydrogens (tertiary/aromatic N) is 1. The van der Waals surface area contributed by atoms with Crippen molar-refractivity contribution in [2.45, 2.75) is 55.8 Å². The number of hydrogen-bond donors (Lipinski definition) is 1. The monoisotopic (exact) mass is 540 g/mol. The first-order chi connectivity index (χ1) is 17.8. The Hall–Kier alpha value is -3.23. The molecular weight excluding hydrogens is 512 g/mol. The van der Waals surface area contributed by atoms with Gasteiger partial charge in [-0.15, -0.1) is 0 Å². The summed E-state index contributed by atoms with van der Waals surface area (Å²) in [6.07, 6.45) is 1.17. The SMILES string of the molecule is CCC1(CC)C[C@@H](NC(=O)[C@@H]2CN(S(=O)(=O)c3ccc(Cl)cc3)c3ccccc3O2)c2ccccc2O1. The number of halogens is 1. The average molecular weight is 541 g/mol. The molecule has 0 aromatic heterocycles. The van der Waals surface area contributed by atoms with Crippen LogP contribution in [0.15, 0.2) is 77.7 Å². The van der Waals surface area contributed by atoms with E-state index in [2.05, 4.69) is 19.2 Å². The predicted octanol–water partition coefficient (Wildman–Crippen LogP) is 5.50. The van der Waals surface area contributed by atoms with Crippen LogP contribution < -0.4 is 19.1 Å². The van der Waals surface area contributed by atoms with Crippen LogP contribution in [0.2, 0.25) is 5.02 Å². The van der Waals surface area contributed by atoms with Gasteiger partial charge < -0.3 is 14.8 Å². The van der Waals surface area contributed by atoms with Gasteiger partial charge >= 0.3 is 0 Å². The summed E-state index contributed by atoms with van der Waals surface area (Å²) in [5.41, 5.74) is 0.889. The number of para-hydroxylation sites is 3. The molecule has 0 unspecified atom stereocenters. The third-order valence-electron chi connectivity index (χ3n) is 7.23. The van der Waals surface area contributed by atoms with Gasteiger partial charge in [0.15, 0.2) is 6.10 Å². The van der Waals surface area contributed by atoms with E-state index in [1.807, 2.05) is 24.3 Å². The van der Waals surface area contributed by atoms with E-state index in [9.17, 15) is 13.2 Å². The van der Waals surface area contributed by atoms with Crippen molar-refractivity contribution in [3.8, 4) is 11.5 Å². The van der Waals surface area contributed by atoms with Gasteiger partial charge in [-0.05, 0) is 55.3 Å². The molecule has 0 spiro atoms. The number of hydrogen-bond acceptors (Lipinski definition) is 5. The van der Waals surface area contributed by atoms with Crippen LogP contribution in [0.25, 0.3) is 0 Å². The Bertz CT molecular complexity index is 1410. The van der Waals surface area contributed by atoms with Crippen molar-refractivity contribution in [2.75, 3.05) is 10.8 Å². The van der Waals surface area contributed by atoms with Crippen LogP contribution in [-0.4, -0.2) is 32.6 Å². The lowest BCUT2D eigenvalue weighted by atomic mass is 9.83. The molecule has 194 valence electrons. The lowest BCUT2D eigenvalue weighted by Crippen LogP contribution is -2.52. The van der Waals surface area contributed by atoms with Gasteiger partial charge in [0.2, 0.25) is 0 Å². The Morgan fingerprint density at radius 3 is 2.35 bits per heavy atom. The molecule has 2 heterocycles. The highest BCUT2D eigenvalue weighted by molar-refractivity contribution is 7.92. The quantitative estimate of drug-likeness (QED) is 0.446. The number of fused-ring (bicyclic) bond motifs is 2. The highest BCUT2D eigenvalue weighted by Gasteiger charge is 2.42. The minimum absolute atomic E-state index is 0.0850. The molecule has 3 aromatic carbocycles. The van der Waals surface area contributed by atoms with E-state index in [0.717, 1.165) is 24.2 Å². The molecule has 0 bridgehead atoms. The smallest absolute Gasteiger partial charge is 0.264 e. The van der Waals surface area contributed by atoms with Crippen molar-refractivity contribution in [3.05, 3.63) is 83.4 Å². The Balaban J connectivity index is 1.45. The molecular formula is C28H29ClN2O5S. The maximum absolute atomic E-state index is 13.6. The summed E-state index contributed by atoms with van der Waals surface area (Å²) in [5, 5.41) is 3.57. The number of anilines is 1. The van der Waals surface area contributed by atoms with E-state index in [1.54, 1.807) is 24.3 Å². The minimum Gasteiger partial charge on any atom is -0.487 e. The van der Waals surface area contributed by atoms with Crippen molar-refractivity contribution in [1.82, 2.24) is 5.32 Å². The number of carbonyl (C=O) groups is 1. The highest BCUT2D eigenvalue weighted by Crippen LogP contribution is 2.43. The summed E-state index contributed by atoms with van der Waals surface area (Å²) < 4.78 is 40.9. The largest absolute Gasteiger partial charge is 0.487 e. The molecule has 0 saturated carbocycles. The molecule has 1 amide bonds. The molecule has 7 nitrogen and oxygen atoms in total. The molecule has 0 fully saturated rings. The molecule has 3 aromatic rings. The van der Waals surface area contributed by atoms with Crippen LogP contribution in [0.4, 0.5) is 5.69 Å². The maximum atomic E-state index is 13.6. The van der Waals surface area contributed by atoms with E-state index < -0.39 is 21.7 Å². The Kier molecular flexibility index (Phi) is 6.81. The van der Waals surface area contributed by atoms with Crippen molar-refractivity contribution in [1.29, 1.82) is 0 Å². The van der Waals surface area contributed by atoms with Gasteiger partial charge in [-0.1, -0.05) is 55.8 Å². The fraction of sp³-hybridized carbons (Fsp3) is 0.321. The topological polar surface area (TPSA) is 84.9 Å². The summed E-state index contributed by atoms with van der Waals surface area (Å²) in [4.78, 5) is 13.7. The zero-order valence-corrected chi connectivity index (χ0v) is 22.3. The van der Waals surface area contributed by atoms with E-state index in [4.69, 9.17) is 21.1 Å². The highest BCUT2D eigenvalue weighted by atomic mass is 35.5. The lowest BCUT2D eigenvalue weighted by Gasteiger charge is -2.42. The normalized spacial score (nSPS) is 20.1. The first kappa shape index (κ1) is 25.4. The van der Waals surface area contributed by atoms with Crippen molar-refractivity contribution in [3.63, 3.8) is 0 Å². The first-order valence-electron chi connectivity index (χ1n) is 12.4. The second-order valence-electron chi connectivity index (χ2n) is 9.36. The van der Waals surface area contributed by atoms with Crippen LogP contribution >= 0.6 is 11.6 Å². The molecule has 1 N–H and O–H groups in total. The van der Waals surface area contributed by atoms with E-state index in [1.165, 1.54) is 28.6 Å². The molecule has 0 aliphatic carbocycles. The number of ether oxygens (including phenoxy) is 2. The lowest BCUT2D eigenvalue weighted by molar-refractivity contribution is -0.129. The van der Waals surface area contributed by atoms with Crippen LogP contribution in [-0.2, 0) is 14.8 Å². The Labute approximate surface area is 222 Å². The molecule has 37 heavy (non-hydrogen) atoms. The Morgan fingerprint density at radius 2 is 1.65 bits per heavy atom. The number of rotatable bonds is 6. The van der Waals surface area contributed by atoms with Gasteiger partial charge in [0.05, 0.1) is 23.2 Å². The van der Waals surface area contributed by atoms with Gasteiger partial charge in [-0.2, -0.15) is 0 Å². The summed E-state index contributed by atoms with van der Waals surface area (Å²) in [6, 6.07) is 20.2. The Morgan fingerprint density at radius 1 is 1.00 bits per heavy atom. The van der Waals surface area contributed by atoms with Gasteiger partial charge in [0.1, 0.15) is 17.1 Å². The molecule has 0 saturated heterocycles. The average Bonchev–Trinajstić information content (AvgIpc) is 2.92. The fourth-order valence-electron chi connectivity index (χ4n) is 4.99. The van der Waals surface area contributed by atoms with Crippen molar-refractivity contribution < 1.29 is 22.7 Å². The van der Waals surface area contributed by atoms with Crippen LogP contribution in [0.3, 0.4) is 0 Å². The molecule has 5 rings (SSSR count). The third-order valence-corrected chi connectivity index (χ3v) is 9.28. The summed E-state index contributed by atoms with van der Waals surface area (Å²) in [6.45, 7) is 4.00. The van der Waals surface area contributed by atoms with Crippen molar-refractivity contribution in [2.24, 2.45) is 0 Å². The minimum atomic E-state index is -3.97. The zero-order valence-electron chi connectivity index (χ0n) is 20.7. The molecule has 2 atom stereocenters. The van der Waals surface area contributed by atoms with Crippen LogP contribution in [0, 0.1) is 0 Å². The van der Waals surface area contributed by atoms with Gasteiger partial charge in [-0.3, -0.25) is 9.10 Å². The predicted molar refractivity (Wildman–Crippen MR) is 143 cm³/mol. The number of amides is 1. The van der Waals surface area contributed by atoms with E-state index >= 15 is 0 Å². The molecule has 0 radical (unpaired) electrons. The summed E-state index contributed by atoms with van der Waals surface area (Å²) in [5.74, 6) is 0.702. The number of carbonyl (C=O) groups excluding carboxylic acids is 1. The molecule has 9 heteroatoms. The maximum Gasteiger partial charge on any atom is 0.264 e. The number of sulfonamides is 1. The van der Waals surface area contributed by atoms with Gasteiger partial charge in [0, 0.05) is 17.0 Å². The van der Waals surface area contributed by atoms with E-state index in [-0.39, 0.29) is 23.4 Å². The standard InChI is InChI=1S/C28H29ClN2O5S/c1-3-28(4-2)17-22(21-9-5-7-11-24(21)36-28)30-27(32)26-18-31(23-10-6-8-12-25(23)35-26)37(33,34)20-15-13-19(29)14-16-20/h5-16,22,26H,3-4,17-18H2,1-2H3,(H,30,32)/t22-,26+/m1/s1. The second-order valence-corrected chi connectivity index (χ2v) is 11.7. The molecule has 2 aliphatic heterocycles. The van der Waals surface area contributed by atoms with E-state index in [0.29, 0.717) is 22.9 Å². The van der Waals surface area contributed by atoms with Crippen LogP contribution in [0.5, 0.6) is 11.5 Å². The van der Waals surface area contributed by atoms with Gasteiger partial charge in [0.25, 0.3) is 15.9 Å². The number of nitrogens with one attached hydrogen (secondary N) is 1. The first-order valence-corrected chi connectivity index (χ1v) is 14.2. The summed E-state index contributed by atoms with van der Waals surface area (Å²) >= 11 is 5.97. The fourth-order valence-corrected chi connectivity index (χ4v) is 6.60. The van der Waals surface area contributed by atoms with Crippen molar-refractivity contribution >= 4 is 33.2 Å². The van der Waals surface area contributed by atoms with Gasteiger partial charge in [-0.25, -0.2) is 8.42 Å². The zero-order chi connectivity index (χ0) is 26.2. The number of benzene rings is 3. The summed E-state index contributed by atoms with van der Waals surface area (Å²) in [7, 11) is -3.97.